The molecule has 7 heteroatoms. The zero-order valence-corrected chi connectivity index (χ0v) is 18.7. The topological polar surface area (TPSA) is 93.7 Å². The van der Waals surface area contributed by atoms with Gasteiger partial charge in [-0.15, -0.1) is 0 Å². The minimum absolute atomic E-state index is 0.0301. The fraction of sp³-hybridized carbons (Fsp3) is 0.625. The van der Waals surface area contributed by atoms with Gasteiger partial charge in [-0.1, -0.05) is 32.9 Å². The molecule has 1 aromatic carbocycles. The standard InChI is InChI=1S/C24H32N2O5/c1-5-30-22(29)19(14(2)3)25-21(28)17-12-15-10-11-23(17,4)13-24(15)26-20(27)16-8-6-7-9-18(16)31-24/h6-9,14-15,17,19H,5,10-13H2,1-4H3,(H,25,28)(H,26,27)/t15-,17+,19-,23+,24-/m1/s1. The zero-order valence-electron chi connectivity index (χ0n) is 18.7. The third kappa shape index (κ3) is 3.68. The van der Waals surface area contributed by atoms with E-state index in [0.717, 1.165) is 12.8 Å². The average Bonchev–Trinajstić information content (AvgIpc) is 2.71. The molecule has 168 valence electrons. The first-order chi connectivity index (χ1) is 14.7. The minimum atomic E-state index is -0.784. The van der Waals surface area contributed by atoms with E-state index in [4.69, 9.17) is 9.47 Å². The fourth-order valence-corrected chi connectivity index (χ4v) is 5.64. The molecule has 3 aliphatic carbocycles. The number of rotatable bonds is 5. The van der Waals surface area contributed by atoms with Gasteiger partial charge in [-0.05, 0) is 49.7 Å². The Morgan fingerprint density at radius 1 is 1.32 bits per heavy atom. The quantitative estimate of drug-likeness (QED) is 0.703. The maximum absolute atomic E-state index is 13.3. The van der Waals surface area contributed by atoms with Gasteiger partial charge in [-0.25, -0.2) is 4.79 Å². The second kappa shape index (κ2) is 7.84. The molecule has 2 bridgehead atoms. The maximum atomic E-state index is 13.3. The summed E-state index contributed by atoms with van der Waals surface area (Å²) >= 11 is 0. The van der Waals surface area contributed by atoms with Crippen LogP contribution in [0.15, 0.2) is 24.3 Å². The van der Waals surface area contributed by atoms with Crippen molar-refractivity contribution in [1.82, 2.24) is 10.6 Å². The first-order valence-corrected chi connectivity index (χ1v) is 11.3. The molecule has 5 atom stereocenters. The SMILES string of the molecule is CCOC(=O)[C@H](NC(=O)[C@@H]1C[C@H]2CC[C@@]1(C)C[C@]21NC(=O)c2ccccc2O1)C(C)C. The minimum Gasteiger partial charge on any atom is -0.467 e. The van der Waals surface area contributed by atoms with Gasteiger partial charge in [-0.3, -0.25) is 9.59 Å². The van der Waals surface area contributed by atoms with Crippen molar-refractivity contribution in [3.63, 3.8) is 0 Å². The van der Waals surface area contributed by atoms with Crippen molar-refractivity contribution in [1.29, 1.82) is 0 Å². The van der Waals surface area contributed by atoms with Crippen LogP contribution in [0.2, 0.25) is 0 Å². The molecule has 31 heavy (non-hydrogen) atoms. The van der Waals surface area contributed by atoms with Gasteiger partial charge in [0, 0.05) is 18.3 Å². The second-order valence-electron chi connectivity index (χ2n) is 9.78. The van der Waals surface area contributed by atoms with Crippen LogP contribution in [0.25, 0.3) is 0 Å². The van der Waals surface area contributed by atoms with Crippen molar-refractivity contribution in [2.75, 3.05) is 6.61 Å². The summed E-state index contributed by atoms with van der Waals surface area (Å²) in [5.74, 6) is -0.316. The number of benzene rings is 1. The summed E-state index contributed by atoms with van der Waals surface area (Å²) in [6, 6.07) is 6.62. The van der Waals surface area contributed by atoms with Crippen LogP contribution in [-0.4, -0.2) is 36.2 Å². The number of nitrogens with one attached hydrogen (secondary N) is 2. The van der Waals surface area contributed by atoms with Crippen molar-refractivity contribution < 1.29 is 23.9 Å². The van der Waals surface area contributed by atoms with E-state index in [9.17, 15) is 14.4 Å². The highest BCUT2D eigenvalue weighted by atomic mass is 16.5. The number of hydrogen-bond acceptors (Lipinski definition) is 5. The molecule has 1 aliphatic heterocycles. The molecule has 2 N–H and O–H groups in total. The molecule has 1 spiro atoms. The van der Waals surface area contributed by atoms with Crippen LogP contribution in [0.3, 0.4) is 0 Å². The molecule has 0 saturated heterocycles. The summed E-state index contributed by atoms with van der Waals surface area (Å²) in [5, 5.41) is 6.09. The Kier molecular flexibility index (Phi) is 5.48. The molecule has 1 aromatic rings. The van der Waals surface area contributed by atoms with E-state index in [2.05, 4.69) is 17.6 Å². The van der Waals surface area contributed by atoms with Gasteiger partial charge in [0.1, 0.15) is 11.8 Å². The van der Waals surface area contributed by atoms with Crippen molar-refractivity contribution in [2.24, 2.45) is 23.2 Å². The Morgan fingerprint density at radius 3 is 2.74 bits per heavy atom. The van der Waals surface area contributed by atoms with E-state index < -0.39 is 17.7 Å². The predicted octanol–water partition coefficient (Wildman–Crippen LogP) is 3.04. The number of carbonyl (C=O) groups excluding carboxylic acids is 3. The molecule has 0 radical (unpaired) electrons. The third-order valence-corrected chi connectivity index (χ3v) is 7.32. The molecule has 7 nitrogen and oxygen atoms in total. The lowest BCUT2D eigenvalue weighted by molar-refractivity contribution is -0.169. The molecule has 3 fully saturated rings. The molecule has 2 amide bonds. The van der Waals surface area contributed by atoms with Gasteiger partial charge in [-0.2, -0.15) is 0 Å². The van der Waals surface area contributed by atoms with Crippen LogP contribution >= 0.6 is 0 Å². The summed E-state index contributed by atoms with van der Waals surface area (Å²) < 4.78 is 11.6. The van der Waals surface area contributed by atoms with Crippen molar-refractivity contribution in [2.45, 2.75) is 65.1 Å². The van der Waals surface area contributed by atoms with Crippen LogP contribution in [0.1, 0.15) is 63.7 Å². The number of carbonyl (C=O) groups is 3. The van der Waals surface area contributed by atoms with Crippen LogP contribution in [0.5, 0.6) is 5.75 Å². The first kappa shape index (κ1) is 21.7. The van der Waals surface area contributed by atoms with Gasteiger partial charge < -0.3 is 20.1 Å². The Labute approximate surface area is 183 Å². The highest BCUT2D eigenvalue weighted by Gasteiger charge is 2.62. The molecule has 4 aliphatic rings. The van der Waals surface area contributed by atoms with E-state index >= 15 is 0 Å². The number of fused-ring (bicyclic) bond motifs is 3. The van der Waals surface area contributed by atoms with E-state index in [1.165, 1.54) is 0 Å². The van der Waals surface area contributed by atoms with Gasteiger partial charge in [0.2, 0.25) is 5.91 Å². The summed E-state index contributed by atoms with van der Waals surface area (Å²) in [7, 11) is 0. The van der Waals surface area contributed by atoms with E-state index in [-0.39, 0.29) is 41.6 Å². The summed E-state index contributed by atoms with van der Waals surface area (Å²) in [5.41, 5.74) is -0.578. The van der Waals surface area contributed by atoms with Crippen LogP contribution in [-0.2, 0) is 14.3 Å². The highest BCUT2D eigenvalue weighted by molar-refractivity contribution is 5.98. The Bertz CT molecular complexity index is 900. The number of amides is 2. The van der Waals surface area contributed by atoms with Crippen LogP contribution < -0.4 is 15.4 Å². The smallest absolute Gasteiger partial charge is 0.328 e. The Hall–Kier alpha value is -2.57. The molecular weight excluding hydrogens is 396 g/mol. The van der Waals surface area contributed by atoms with E-state index in [0.29, 0.717) is 24.2 Å². The van der Waals surface area contributed by atoms with Crippen LogP contribution in [0.4, 0.5) is 0 Å². The predicted molar refractivity (Wildman–Crippen MR) is 114 cm³/mol. The highest BCUT2D eigenvalue weighted by Crippen LogP contribution is 2.58. The summed E-state index contributed by atoms with van der Waals surface area (Å²) in [4.78, 5) is 38.4. The summed E-state index contributed by atoms with van der Waals surface area (Å²) in [6.07, 6.45) is 2.94. The second-order valence-corrected chi connectivity index (χ2v) is 9.78. The lowest BCUT2D eigenvalue weighted by Crippen LogP contribution is -2.69. The Balaban J connectivity index is 1.54. The molecule has 3 saturated carbocycles. The van der Waals surface area contributed by atoms with Crippen molar-refractivity contribution >= 4 is 17.8 Å². The lowest BCUT2D eigenvalue weighted by Gasteiger charge is -2.59. The van der Waals surface area contributed by atoms with Crippen LogP contribution in [0, 0.1) is 23.2 Å². The van der Waals surface area contributed by atoms with Gasteiger partial charge >= 0.3 is 5.97 Å². The molecule has 1 heterocycles. The lowest BCUT2D eigenvalue weighted by atomic mass is 9.52. The van der Waals surface area contributed by atoms with Gasteiger partial charge in [0.25, 0.3) is 5.91 Å². The number of para-hydroxylation sites is 1. The largest absolute Gasteiger partial charge is 0.467 e. The van der Waals surface area contributed by atoms with E-state index in [1.54, 1.807) is 13.0 Å². The maximum Gasteiger partial charge on any atom is 0.328 e. The zero-order chi connectivity index (χ0) is 22.4. The molecule has 0 aromatic heterocycles. The number of hydrogen-bond donors (Lipinski definition) is 2. The molecule has 0 unspecified atom stereocenters. The van der Waals surface area contributed by atoms with Crippen molar-refractivity contribution in [3.05, 3.63) is 29.8 Å². The summed E-state index contributed by atoms with van der Waals surface area (Å²) in [6.45, 7) is 7.93. The van der Waals surface area contributed by atoms with Gasteiger partial charge in [0.15, 0.2) is 5.72 Å². The molecular formula is C24H32N2O5. The number of esters is 1. The van der Waals surface area contributed by atoms with E-state index in [1.807, 2.05) is 32.0 Å². The van der Waals surface area contributed by atoms with Gasteiger partial charge in [0.05, 0.1) is 12.2 Å². The third-order valence-electron chi connectivity index (χ3n) is 7.32. The monoisotopic (exact) mass is 428 g/mol. The Morgan fingerprint density at radius 2 is 2.06 bits per heavy atom. The first-order valence-electron chi connectivity index (χ1n) is 11.3. The fourth-order valence-electron chi connectivity index (χ4n) is 5.64. The average molecular weight is 429 g/mol. The molecule has 5 rings (SSSR count). The normalized spacial score (nSPS) is 32.1. The van der Waals surface area contributed by atoms with Crippen molar-refractivity contribution in [3.8, 4) is 5.75 Å². The number of ether oxygens (including phenoxy) is 2.